The van der Waals surface area contributed by atoms with E-state index < -0.39 is 32.9 Å². The minimum absolute atomic E-state index is 0.133. The molecular formula is C39H39ClN2O9S. The summed E-state index contributed by atoms with van der Waals surface area (Å²) in [5.74, 6) is -2.83. The molecule has 0 saturated carbocycles. The lowest BCUT2D eigenvalue weighted by molar-refractivity contribution is -0.349. The van der Waals surface area contributed by atoms with E-state index in [2.05, 4.69) is 10.3 Å². The van der Waals surface area contributed by atoms with E-state index in [9.17, 15) is 43.0 Å². The summed E-state index contributed by atoms with van der Waals surface area (Å²) < 4.78 is 31.2. The Morgan fingerprint density at radius 1 is 0.846 bits per heavy atom. The van der Waals surface area contributed by atoms with Gasteiger partial charge in [-0.2, -0.15) is 0 Å². The Bertz CT molecular complexity index is 2260. The van der Waals surface area contributed by atoms with Crippen molar-refractivity contribution in [3.8, 4) is 11.5 Å². The molecule has 11 nitrogen and oxygen atoms in total. The predicted octanol–water partition coefficient (Wildman–Crippen LogP) is 6.28. The number of aromatic carboxylic acids is 2. The van der Waals surface area contributed by atoms with Gasteiger partial charge in [-0.05, 0) is 87.6 Å². The number of aromatic hydroxyl groups is 2. The zero-order chi connectivity index (χ0) is 38.3. The van der Waals surface area contributed by atoms with E-state index in [1.165, 1.54) is 24.3 Å². The Hall–Kier alpha value is -5.17. The molecule has 6 rings (SSSR count). The number of carboxylic acid groups (broad SMARTS) is 2. The number of fused-ring (bicyclic) bond motifs is 2. The van der Waals surface area contributed by atoms with Crippen LogP contribution in [0.4, 0.5) is 11.4 Å². The largest absolute Gasteiger partial charge is 0.744 e. The quantitative estimate of drug-likeness (QED) is 0.156. The third kappa shape index (κ3) is 7.27. The summed E-state index contributed by atoms with van der Waals surface area (Å²) in [6.07, 6.45) is 10.3. The van der Waals surface area contributed by atoms with Crippen LogP contribution in [-0.4, -0.2) is 51.0 Å². The zero-order valence-corrected chi connectivity index (χ0v) is 30.7. The van der Waals surface area contributed by atoms with Gasteiger partial charge in [-0.3, -0.25) is 0 Å². The van der Waals surface area contributed by atoms with Crippen LogP contribution in [0.15, 0.2) is 99.6 Å². The van der Waals surface area contributed by atoms with Crippen molar-refractivity contribution in [1.82, 2.24) is 0 Å². The van der Waals surface area contributed by atoms with Gasteiger partial charge in [0.05, 0.1) is 15.9 Å². The molecule has 0 aromatic heterocycles. The van der Waals surface area contributed by atoms with Gasteiger partial charge in [-0.15, -0.1) is 0 Å². The molecule has 0 fully saturated rings. The summed E-state index contributed by atoms with van der Waals surface area (Å²) in [6.45, 7) is 9.53. The normalized spacial score (nSPS) is 18.8. The lowest BCUT2D eigenvalue weighted by Crippen LogP contribution is -2.65. The van der Waals surface area contributed by atoms with E-state index in [-0.39, 0.29) is 27.5 Å². The minimum atomic E-state index is -4.27. The molecule has 3 aromatic rings. The van der Waals surface area contributed by atoms with E-state index in [1.54, 1.807) is 24.3 Å². The maximum absolute atomic E-state index is 11.5. The number of rotatable bonds is 6. The SMILES string of the molecule is CC1(C)C(/C=C/C2=C(Cl)C(=C/C=C3/Nc4ccc(C(=O)O)c(O)c4C3(C)C)/CCC2)=[NH+]c2ccc(C(=O)O)c(O)c21.Cc1ccc(S(=O)(=O)[O-])cc1. The standard InChI is InChI=1S/C32H31ClN2O6.C7H8O3S/c1-31(2)22(34-20-12-10-18(29(38)39)27(36)24(20)31)14-8-16-6-5-7-17(26(16)33)9-15-23-32(3,4)25-21(35-23)13-11-19(28(25)37)30(40)41;1-6-2-4-7(5-3-6)11(8,9)10/h8-15,34,36-37H,5-7H2,1-4H3,(H,38,39)(H,40,41);2-5H,1H3,(H,8,9,10)/b15-9+,16-8+,22-14+;. The van der Waals surface area contributed by atoms with Crippen LogP contribution in [-0.2, 0) is 20.9 Å². The van der Waals surface area contributed by atoms with Gasteiger partial charge in [0.25, 0.3) is 0 Å². The fourth-order valence-electron chi connectivity index (χ4n) is 6.65. The molecule has 0 spiro atoms. The monoisotopic (exact) mass is 746 g/mol. The number of phenols is 2. The van der Waals surface area contributed by atoms with Crippen LogP contribution in [0.2, 0.25) is 0 Å². The molecule has 2 aliphatic heterocycles. The van der Waals surface area contributed by atoms with Crippen LogP contribution in [0, 0.1) is 6.92 Å². The molecule has 0 bridgehead atoms. The topological polar surface area (TPSA) is 198 Å². The molecule has 3 aromatic carbocycles. The lowest BCUT2D eigenvalue weighted by Gasteiger charge is -2.22. The van der Waals surface area contributed by atoms with Crippen LogP contribution < -0.4 is 10.3 Å². The number of hydrogen-bond donors (Lipinski definition) is 6. The number of hydrogen-bond acceptors (Lipinski definition) is 8. The highest BCUT2D eigenvalue weighted by Crippen LogP contribution is 2.49. The van der Waals surface area contributed by atoms with E-state index >= 15 is 0 Å². The molecule has 0 saturated heterocycles. The molecule has 0 radical (unpaired) electrons. The first-order valence-corrected chi connectivity index (χ1v) is 18.2. The maximum Gasteiger partial charge on any atom is 0.339 e. The molecule has 2 heterocycles. The second kappa shape index (κ2) is 14.1. The van der Waals surface area contributed by atoms with E-state index in [0.717, 1.165) is 47.4 Å². The maximum atomic E-state index is 11.5. The number of halogens is 1. The fraction of sp³-hybridized carbons (Fsp3) is 0.256. The molecule has 13 heteroatoms. The highest BCUT2D eigenvalue weighted by atomic mass is 35.5. The van der Waals surface area contributed by atoms with Gasteiger partial charge in [-0.1, -0.05) is 55.3 Å². The van der Waals surface area contributed by atoms with Crippen molar-refractivity contribution < 1.29 is 48.0 Å². The van der Waals surface area contributed by atoms with Crippen LogP contribution >= 0.6 is 11.6 Å². The first-order chi connectivity index (χ1) is 24.2. The summed E-state index contributed by atoms with van der Waals surface area (Å²) in [7, 11) is -4.27. The summed E-state index contributed by atoms with van der Waals surface area (Å²) in [4.78, 5) is 26.2. The van der Waals surface area contributed by atoms with Crippen molar-refractivity contribution in [2.75, 3.05) is 5.32 Å². The van der Waals surface area contributed by atoms with Gasteiger partial charge in [-0.25, -0.2) is 23.0 Å². The average Bonchev–Trinajstić information content (AvgIpc) is 3.47. The number of anilines is 1. The first-order valence-electron chi connectivity index (χ1n) is 16.4. The Labute approximate surface area is 306 Å². The molecule has 272 valence electrons. The number of carboxylic acids is 2. The van der Waals surface area contributed by atoms with Gasteiger partial charge in [0.15, 0.2) is 5.71 Å². The molecule has 1 aliphatic carbocycles. The predicted molar refractivity (Wildman–Crippen MR) is 197 cm³/mol. The second-order valence-electron chi connectivity index (χ2n) is 13.9. The third-order valence-corrected chi connectivity index (χ3v) is 11.0. The summed E-state index contributed by atoms with van der Waals surface area (Å²) >= 11 is 6.87. The number of carbonyl (C=O) groups is 2. The Kier molecular flexibility index (Phi) is 10.3. The smallest absolute Gasteiger partial charge is 0.339 e. The van der Waals surface area contributed by atoms with Crippen LogP contribution in [0.1, 0.15) is 84.4 Å². The second-order valence-corrected chi connectivity index (χ2v) is 15.6. The fourth-order valence-corrected chi connectivity index (χ4v) is 7.44. The summed E-state index contributed by atoms with van der Waals surface area (Å²) in [5.41, 5.74) is 5.35. The van der Waals surface area contributed by atoms with Crippen molar-refractivity contribution in [1.29, 1.82) is 0 Å². The first kappa shape index (κ1) is 38.1. The van der Waals surface area contributed by atoms with Crippen molar-refractivity contribution in [3.63, 3.8) is 0 Å². The number of allylic oxidation sites excluding steroid dienone is 8. The molecule has 6 N–H and O–H groups in total. The van der Waals surface area contributed by atoms with Gasteiger partial charge in [0.2, 0.25) is 5.69 Å². The molecule has 0 amide bonds. The highest BCUT2D eigenvalue weighted by Gasteiger charge is 2.44. The van der Waals surface area contributed by atoms with E-state index in [1.807, 2.05) is 58.9 Å². The summed E-state index contributed by atoms with van der Waals surface area (Å²) in [5, 5.41) is 44.2. The molecule has 0 unspecified atom stereocenters. The molecule has 0 atom stereocenters. The van der Waals surface area contributed by atoms with Crippen LogP contribution in [0.3, 0.4) is 0 Å². The van der Waals surface area contributed by atoms with E-state index in [0.29, 0.717) is 27.5 Å². The van der Waals surface area contributed by atoms with Crippen molar-refractivity contribution >= 4 is 50.7 Å². The highest BCUT2D eigenvalue weighted by molar-refractivity contribution is 7.85. The Morgan fingerprint density at radius 3 is 2.04 bits per heavy atom. The number of benzene rings is 3. The van der Waals surface area contributed by atoms with Gasteiger partial charge in [0, 0.05) is 39.5 Å². The van der Waals surface area contributed by atoms with Crippen molar-refractivity contribution in [2.45, 2.75) is 69.6 Å². The van der Waals surface area contributed by atoms with Crippen LogP contribution in [0.5, 0.6) is 11.5 Å². The molecule has 3 aliphatic rings. The Morgan fingerprint density at radius 2 is 1.44 bits per heavy atom. The number of aryl methyl sites for hydroxylation is 1. The van der Waals surface area contributed by atoms with Gasteiger partial charge < -0.3 is 30.3 Å². The summed E-state index contributed by atoms with van der Waals surface area (Å²) in [6, 6.07) is 11.9. The van der Waals surface area contributed by atoms with Crippen LogP contribution in [0.25, 0.3) is 0 Å². The molecular weight excluding hydrogens is 708 g/mol. The average molecular weight is 747 g/mol. The van der Waals surface area contributed by atoms with Gasteiger partial charge >= 0.3 is 11.9 Å². The number of nitrogens with one attached hydrogen (secondary N) is 2. The third-order valence-electron chi connectivity index (χ3n) is 9.62. The zero-order valence-electron chi connectivity index (χ0n) is 29.2. The van der Waals surface area contributed by atoms with E-state index in [4.69, 9.17) is 11.6 Å². The van der Waals surface area contributed by atoms with Crippen molar-refractivity contribution in [2.24, 2.45) is 0 Å². The van der Waals surface area contributed by atoms with Crippen molar-refractivity contribution in [3.05, 3.63) is 123 Å². The molecule has 52 heavy (non-hydrogen) atoms. The Balaban J connectivity index is 0.000000407. The van der Waals surface area contributed by atoms with Gasteiger partial charge in [0.1, 0.15) is 32.7 Å². The minimum Gasteiger partial charge on any atom is -0.744 e. The lowest BCUT2D eigenvalue weighted by atomic mass is 9.79.